The summed E-state index contributed by atoms with van der Waals surface area (Å²) >= 11 is 0. The first-order valence-corrected chi connectivity index (χ1v) is 43.0. The molecule has 32 atom stereocenters. The first-order chi connectivity index (χ1) is 57.9. The highest BCUT2D eigenvalue weighted by atomic mass is 32.3. The van der Waals surface area contributed by atoms with E-state index in [1.54, 1.807) is 27.9 Å². The van der Waals surface area contributed by atoms with Crippen LogP contribution in [0.15, 0.2) is 137 Å². The number of hydrogen-bond donors (Lipinski definition) is 4. The summed E-state index contributed by atoms with van der Waals surface area (Å²) in [5.41, 5.74) is 33.9. The van der Waals surface area contributed by atoms with Gasteiger partial charge in [-0.15, -0.1) is 0 Å². The molecule has 8 saturated heterocycles. The summed E-state index contributed by atoms with van der Waals surface area (Å²) in [4.78, 5) is 9.50. The zero-order valence-corrected chi connectivity index (χ0v) is 69.2. The molecule has 120 heavy (non-hydrogen) atoms. The average Bonchev–Trinajstić information content (AvgIpc) is 0.785. The number of aliphatic hydroxyl groups is 2. The molecule has 8 fully saturated rings. The molecule has 662 valence electrons. The molecule has 12 rings (SSSR count). The van der Waals surface area contributed by atoms with Crippen LogP contribution in [0.25, 0.3) is 31.3 Å². The van der Waals surface area contributed by atoms with Crippen LogP contribution in [0.1, 0.15) is 89.5 Å². The van der Waals surface area contributed by atoms with Crippen LogP contribution in [0.2, 0.25) is 0 Å². The molecule has 0 spiro atoms. The normalized spacial score (nSPS) is 37.6. The van der Waals surface area contributed by atoms with Crippen molar-refractivity contribution >= 4 is 20.8 Å². The lowest BCUT2D eigenvalue weighted by Gasteiger charge is -2.49. The van der Waals surface area contributed by atoms with Gasteiger partial charge in [0.05, 0.1) is 146 Å². The molecule has 4 aromatic carbocycles. The summed E-state index contributed by atoms with van der Waals surface area (Å²) < 4.78 is 209. The quantitative estimate of drug-likeness (QED) is 0.0141. The topological polar surface area (TPSA) is 499 Å². The third-order valence-electron chi connectivity index (χ3n) is 23.2. The van der Waals surface area contributed by atoms with Gasteiger partial charge in [0, 0.05) is 59.4 Å². The molecule has 41 heteroatoms. The number of nitrogens with zero attached hydrogens (tertiary/aromatic N) is 9. The molecule has 8 aliphatic heterocycles. The predicted octanol–water partition coefficient (Wildman–Crippen LogP) is 9.03. The van der Waals surface area contributed by atoms with E-state index in [1.165, 1.54) is 0 Å². The molecule has 0 amide bonds. The molecule has 0 aliphatic carbocycles. The van der Waals surface area contributed by atoms with Gasteiger partial charge in [0.2, 0.25) is 0 Å². The Labute approximate surface area is 696 Å². The number of hydrogen-bond acceptors (Lipinski definition) is 31. The number of azide groups is 3. The van der Waals surface area contributed by atoms with Crippen molar-refractivity contribution in [1.82, 2.24) is 0 Å². The Hall–Kier alpha value is -6.33. The summed E-state index contributed by atoms with van der Waals surface area (Å²) in [7, 11) is -8.68. The Morgan fingerprint density at radius 1 is 0.375 bits per heavy atom. The van der Waals surface area contributed by atoms with E-state index >= 15 is 0 Å². The number of methoxy groups -OCH3 is 1. The van der Waals surface area contributed by atoms with Crippen molar-refractivity contribution in [2.24, 2.45) is 50.9 Å². The zero-order chi connectivity index (χ0) is 85.0. The molecular formula is C79H109N9O30S2. The van der Waals surface area contributed by atoms with Crippen LogP contribution in [0.3, 0.4) is 0 Å². The van der Waals surface area contributed by atoms with Gasteiger partial charge in [0.1, 0.15) is 42.7 Å². The van der Waals surface area contributed by atoms with Crippen molar-refractivity contribution < 1.29 is 139 Å². The lowest BCUT2D eigenvalue weighted by atomic mass is 9.84. The molecule has 0 saturated carbocycles. The zero-order valence-electron chi connectivity index (χ0n) is 67.6. The van der Waals surface area contributed by atoms with Gasteiger partial charge in [-0.3, -0.25) is 9.11 Å². The number of rotatable bonds is 38. The Morgan fingerprint density at radius 2 is 0.658 bits per heavy atom. The van der Waals surface area contributed by atoms with E-state index in [4.69, 9.17) is 103 Å². The van der Waals surface area contributed by atoms with Crippen molar-refractivity contribution in [1.29, 1.82) is 0 Å². The van der Waals surface area contributed by atoms with Gasteiger partial charge in [-0.05, 0) is 62.5 Å². The molecule has 4 N–H and O–H groups in total. The van der Waals surface area contributed by atoms with Crippen molar-refractivity contribution in [3.63, 3.8) is 0 Å². The average molecular weight is 1730 g/mol. The Morgan fingerprint density at radius 3 is 0.967 bits per heavy atom. The Balaban J connectivity index is 0.732. The summed E-state index contributed by atoms with van der Waals surface area (Å²) in [6.07, 6.45) is -23.2. The van der Waals surface area contributed by atoms with E-state index in [-0.39, 0.29) is 102 Å². The lowest BCUT2D eigenvalue weighted by molar-refractivity contribution is -0.347. The van der Waals surface area contributed by atoms with Gasteiger partial charge in [-0.25, -0.2) is 8.37 Å². The minimum Gasteiger partial charge on any atom is -0.394 e. The van der Waals surface area contributed by atoms with Crippen LogP contribution in [0.5, 0.6) is 0 Å². The third kappa shape index (κ3) is 25.3. The monoisotopic (exact) mass is 1730 g/mol. The maximum Gasteiger partial charge on any atom is 0.397 e. The largest absolute Gasteiger partial charge is 0.397 e. The Kier molecular flexibility index (Phi) is 34.4. The fourth-order valence-corrected chi connectivity index (χ4v) is 17.0. The molecule has 0 radical (unpaired) electrons. The molecule has 8 aliphatic rings. The lowest BCUT2D eigenvalue weighted by Crippen LogP contribution is -2.60. The highest BCUT2D eigenvalue weighted by molar-refractivity contribution is 7.81. The van der Waals surface area contributed by atoms with E-state index in [0.29, 0.717) is 6.61 Å². The first-order valence-electron chi connectivity index (χ1n) is 40.3. The Bertz CT molecular complexity index is 4180. The molecule has 8 heterocycles. The number of ether oxygens (including phenoxy) is 20. The van der Waals surface area contributed by atoms with Crippen LogP contribution < -0.4 is 0 Å². The number of benzene rings is 4. The van der Waals surface area contributed by atoms with Gasteiger partial charge in [-0.1, -0.05) is 178 Å². The van der Waals surface area contributed by atoms with Crippen LogP contribution in [0.4, 0.5) is 0 Å². The minimum atomic E-state index is -5.17. The summed E-state index contributed by atoms with van der Waals surface area (Å²) in [6, 6.07) is 33.9. The fraction of sp³-hybridized carbons (Fsp3) is 0.696. The van der Waals surface area contributed by atoms with Gasteiger partial charge in [-0.2, -0.15) is 16.8 Å². The molecule has 0 aromatic heterocycles. The number of aliphatic hydroxyl groups excluding tert-OH is 2. The third-order valence-corrected chi connectivity index (χ3v) is 24.1. The van der Waals surface area contributed by atoms with Crippen LogP contribution >= 0.6 is 0 Å². The van der Waals surface area contributed by atoms with Crippen molar-refractivity contribution in [3.05, 3.63) is 175 Å². The second kappa shape index (κ2) is 44.5. The van der Waals surface area contributed by atoms with Crippen molar-refractivity contribution in [2.45, 2.75) is 254 Å². The molecule has 39 nitrogen and oxygen atoms in total. The molecular weight excluding hydrogens is 1620 g/mol. The van der Waals surface area contributed by atoms with E-state index in [2.05, 4.69) is 30.1 Å². The maximum atomic E-state index is 12.5. The van der Waals surface area contributed by atoms with Crippen LogP contribution in [-0.4, -0.2) is 256 Å². The predicted molar refractivity (Wildman–Crippen MR) is 416 cm³/mol. The van der Waals surface area contributed by atoms with Crippen LogP contribution in [0, 0.1) is 35.5 Å². The van der Waals surface area contributed by atoms with Gasteiger partial charge >= 0.3 is 20.8 Å². The highest BCUT2D eigenvalue weighted by Crippen LogP contribution is 2.43. The molecule has 0 bridgehead atoms. The minimum absolute atomic E-state index is 0.00642. The van der Waals surface area contributed by atoms with E-state index in [0.717, 1.165) is 22.3 Å². The standard InChI is InChI=1S/C79H109N9O30S2/c1-44-34-102-65(28-54(44)98-35-50-20-12-8-13-21-50)117-74-48(5)70(84-87-81)78(113-63(74)42-106-119(91,92)93)112-62-41-105-68(31-57(62)101-38-53-26-18-11-19-27-53)118-75-49(6)71(85-88-82)79(114-64(75)43-107-120(94,95)96)111-61-40-104-67(30-56(61)100-37-52-24-16-10-17-25-52)116-73-47(4)69(83-86-80)77(109-59(73)33-90)110-60-39-103-66(29-55(60)99-36-51-22-14-9-15-23-51)115-72-45(2)46(3)76(97-7)108-58(72)32-89/h8-27,44-49,54-79,89-90H,28-43H2,1-7H3,(H,91,92,93)(H,94,95,96)/t44-,45-,46?,47-,48-,49-,54+,55+,56+,57+,58?,59?,60?,61+,62-,63?,64?,65+,66+,67+,68+,69?,70?,71?,72+,73+,74+,75+,76+,77?,78?,79-/m1/s1. The highest BCUT2D eigenvalue weighted by Gasteiger charge is 2.55. The molecule has 11 unspecified atom stereocenters. The van der Waals surface area contributed by atoms with Gasteiger partial charge in [0.15, 0.2) is 50.3 Å². The van der Waals surface area contributed by atoms with E-state index in [9.17, 15) is 52.7 Å². The second-order valence-corrected chi connectivity index (χ2v) is 33.5. The van der Waals surface area contributed by atoms with Crippen LogP contribution in [-0.2, 0) is 150 Å². The smallest absolute Gasteiger partial charge is 0.394 e. The van der Waals surface area contributed by atoms with Crippen molar-refractivity contribution in [3.8, 4) is 0 Å². The summed E-state index contributed by atoms with van der Waals surface area (Å²) in [5, 5.41) is 34.0. The fourth-order valence-electron chi connectivity index (χ4n) is 16.4. The SMILES string of the molecule is CO[C@H]1OC(CO)[C@@H](O[C@H]2C[C@H](OCc3ccccc3)C(OC3OC(CO)[C@@H](O[C@H]4C[C@H](OCc5ccccc5)[C@@H](O[C@@H]5OC(COS(=O)(=O)O)[C@@H](O[C@H]6C[C@H](OCc7ccccc7)[C@H](OC7OC(COS(=O)(=O)O)[C@@H](O[C@H]8C[C@H](OCc9ccccc9)[C@H](C)CO8)[C@H](C)C7N=[N+]=[N-])CO6)[C@H](C)C5N=[N+]=[N-])CO4)[C@H](C)C3N=[N+]=[N-])CO2)[C@H](C)C1C. The van der Waals surface area contributed by atoms with Crippen molar-refractivity contribution in [2.75, 3.05) is 60.0 Å². The van der Waals surface area contributed by atoms with E-state index < -0.39 is 212 Å². The van der Waals surface area contributed by atoms with Gasteiger partial charge < -0.3 is 105 Å². The first kappa shape index (κ1) is 92.8. The molecule has 4 aromatic rings. The second-order valence-electron chi connectivity index (χ2n) is 31.3. The van der Waals surface area contributed by atoms with Gasteiger partial charge in [0.25, 0.3) is 0 Å². The maximum absolute atomic E-state index is 12.5. The summed E-state index contributed by atoms with van der Waals surface area (Å²) in [6.45, 7) is 8.56. The summed E-state index contributed by atoms with van der Waals surface area (Å²) in [5.74, 6) is -2.76. The van der Waals surface area contributed by atoms with E-state index in [1.807, 2.05) is 142 Å².